The van der Waals surface area contributed by atoms with Crippen LogP contribution in [0.1, 0.15) is 40.5 Å². The predicted octanol–water partition coefficient (Wildman–Crippen LogP) is 1.16. The van der Waals surface area contributed by atoms with Gasteiger partial charge in [-0.15, -0.1) is 0 Å². The van der Waals surface area contributed by atoms with Gasteiger partial charge in [-0.3, -0.25) is 4.79 Å². The van der Waals surface area contributed by atoms with E-state index in [9.17, 15) is 4.79 Å². The highest BCUT2D eigenvalue weighted by Gasteiger charge is 2.43. The van der Waals surface area contributed by atoms with Gasteiger partial charge < -0.3 is 15.8 Å². The maximum absolute atomic E-state index is 12.3. The number of likely N-dealkylation sites (tertiary alicyclic amines) is 1. The van der Waals surface area contributed by atoms with Crippen molar-refractivity contribution in [3.8, 4) is 0 Å². The number of rotatable bonds is 2. The van der Waals surface area contributed by atoms with Gasteiger partial charge in [0.25, 0.3) is 0 Å². The fourth-order valence-corrected chi connectivity index (χ4v) is 2.06. The van der Waals surface area contributed by atoms with Gasteiger partial charge in [0.2, 0.25) is 5.91 Å². The number of amidine groups is 1. The first-order valence-corrected chi connectivity index (χ1v) is 5.53. The van der Waals surface area contributed by atoms with E-state index in [0.29, 0.717) is 0 Å². The van der Waals surface area contributed by atoms with E-state index in [1.807, 2.05) is 18.7 Å². The molecule has 1 aliphatic heterocycles. The summed E-state index contributed by atoms with van der Waals surface area (Å²) < 4.78 is 0. The van der Waals surface area contributed by atoms with E-state index in [0.717, 1.165) is 19.4 Å². The molecule has 0 aromatic heterocycles. The Balaban J connectivity index is 2.94. The van der Waals surface area contributed by atoms with Crippen molar-refractivity contribution in [3.05, 3.63) is 0 Å². The second kappa shape index (κ2) is 3.96. The second-order valence-electron chi connectivity index (χ2n) is 5.48. The fourth-order valence-electron chi connectivity index (χ4n) is 2.06. The SMILES string of the molecule is CC(C)(C(=O)N1CCCC1(C)C)C(N)=NO. The molecule has 1 saturated heterocycles. The van der Waals surface area contributed by atoms with Crippen LogP contribution in [-0.2, 0) is 4.79 Å². The van der Waals surface area contributed by atoms with E-state index in [-0.39, 0.29) is 17.3 Å². The van der Waals surface area contributed by atoms with Crippen LogP contribution in [0.2, 0.25) is 0 Å². The van der Waals surface area contributed by atoms with Gasteiger partial charge in [-0.05, 0) is 40.5 Å². The van der Waals surface area contributed by atoms with Crippen molar-refractivity contribution >= 4 is 11.7 Å². The Bertz CT molecular complexity index is 321. The number of carbonyl (C=O) groups is 1. The van der Waals surface area contributed by atoms with E-state index >= 15 is 0 Å². The van der Waals surface area contributed by atoms with E-state index < -0.39 is 5.41 Å². The van der Waals surface area contributed by atoms with Gasteiger partial charge >= 0.3 is 0 Å². The molecule has 1 rings (SSSR count). The maximum Gasteiger partial charge on any atom is 0.236 e. The van der Waals surface area contributed by atoms with Crippen LogP contribution in [0, 0.1) is 5.41 Å². The first-order chi connectivity index (χ1) is 7.23. The average molecular weight is 227 g/mol. The highest BCUT2D eigenvalue weighted by Crippen LogP contribution is 2.32. The summed E-state index contributed by atoms with van der Waals surface area (Å²) in [7, 11) is 0. The lowest BCUT2D eigenvalue weighted by Crippen LogP contribution is -2.52. The van der Waals surface area contributed by atoms with Gasteiger partial charge in [0.1, 0.15) is 5.41 Å². The van der Waals surface area contributed by atoms with Crippen molar-refractivity contribution in [2.45, 2.75) is 46.1 Å². The highest BCUT2D eigenvalue weighted by atomic mass is 16.4. The van der Waals surface area contributed by atoms with Gasteiger partial charge in [0.15, 0.2) is 5.84 Å². The van der Waals surface area contributed by atoms with E-state index in [1.165, 1.54) is 0 Å². The Kier molecular flexibility index (Phi) is 3.17. The van der Waals surface area contributed by atoms with Gasteiger partial charge in [0, 0.05) is 12.1 Å². The lowest BCUT2D eigenvalue weighted by atomic mass is 9.88. The minimum atomic E-state index is -0.948. The third-order valence-corrected chi connectivity index (χ3v) is 3.43. The molecule has 5 nitrogen and oxygen atoms in total. The lowest BCUT2D eigenvalue weighted by molar-refractivity contribution is -0.140. The molecule has 1 heterocycles. The van der Waals surface area contributed by atoms with Crippen LogP contribution in [0.4, 0.5) is 0 Å². The zero-order chi connectivity index (χ0) is 12.6. The molecule has 0 saturated carbocycles. The molecule has 1 fully saturated rings. The van der Waals surface area contributed by atoms with Crippen molar-refractivity contribution < 1.29 is 10.0 Å². The molecule has 1 aliphatic rings. The molecule has 16 heavy (non-hydrogen) atoms. The molecule has 5 heteroatoms. The summed E-state index contributed by atoms with van der Waals surface area (Å²) in [6, 6.07) is 0. The molecule has 1 amide bonds. The zero-order valence-corrected chi connectivity index (χ0v) is 10.4. The molecule has 0 bridgehead atoms. The Morgan fingerprint density at radius 2 is 2.06 bits per heavy atom. The van der Waals surface area contributed by atoms with Crippen LogP contribution in [0.3, 0.4) is 0 Å². The summed E-state index contributed by atoms with van der Waals surface area (Å²) in [5, 5.41) is 11.6. The Morgan fingerprint density at radius 3 is 2.44 bits per heavy atom. The predicted molar refractivity (Wildman–Crippen MR) is 62.2 cm³/mol. The first kappa shape index (κ1) is 12.8. The summed E-state index contributed by atoms with van der Waals surface area (Å²) >= 11 is 0. The van der Waals surface area contributed by atoms with Gasteiger partial charge in [-0.25, -0.2) is 0 Å². The Labute approximate surface area is 96.3 Å². The van der Waals surface area contributed by atoms with E-state index in [1.54, 1.807) is 13.8 Å². The quantitative estimate of drug-likeness (QED) is 0.321. The molecule has 0 atom stereocenters. The third-order valence-electron chi connectivity index (χ3n) is 3.43. The molecule has 0 spiro atoms. The third kappa shape index (κ3) is 1.99. The van der Waals surface area contributed by atoms with Crippen molar-refractivity contribution in [2.24, 2.45) is 16.3 Å². The zero-order valence-electron chi connectivity index (χ0n) is 10.4. The number of nitrogens with two attached hydrogens (primary N) is 1. The highest BCUT2D eigenvalue weighted by molar-refractivity contribution is 6.06. The number of oxime groups is 1. The van der Waals surface area contributed by atoms with Crippen molar-refractivity contribution in [1.29, 1.82) is 0 Å². The summed E-state index contributed by atoms with van der Waals surface area (Å²) in [5.41, 5.74) is 4.48. The minimum absolute atomic E-state index is 0.0415. The van der Waals surface area contributed by atoms with Gasteiger partial charge in [-0.2, -0.15) is 0 Å². The first-order valence-electron chi connectivity index (χ1n) is 5.53. The molecule has 3 N–H and O–H groups in total. The number of nitrogens with zero attached hydrogens (tertiary/aromatic N) is 2. The second-order valence-corrected chi connectivity index (χ2v) is 5.48. The largest absolute Gasteiger partial charge is 0.409 e. The maximum atomic E-state index is 12.3. The summed E-state index contributed by atoms with van der Waals surface area (Å²) in [6.45, 7) is 8.19. The Hall–Kier alpha value is -1.26. The number of amides is 1. The summed E-state index contributed by atoms with van der Waals surface area (Å²) in [6.07, 6.45) is 2.00. The molecule has 0 radical (unpaired) electrons. The van der Waals surface area contributed by atoms with Crippen molar-refractivity contribution in [2.75, 3.05) is 6.54 Å². The fraction of sp³-hybridized carbons (Fsp3) is 0.818. The summed E-state index contributed by atoms with van der Waals surface area (Å²) in [5.74, 6) is -0.120. The number of carbonyl (C=O) groups excluding carboxylic acids is 1. The van der Waals surface area contributed by atoms with Gasteiger partial charge in [0.05, 0.1) is 0 Å². The number of hydrogen-bond acceptors (Lipinski definition) is 3. The molecule has 0 aromatic carbocycles. The molecular weight excluding hydrogens is 206 g/mol. The van der Waals surface area contributed by atoms with E-state index in [2.05, 4.69) is 5.16 Å². The Morgan fingerprint density at radius 1 is 1.50 bits per heavy atom. The summed E-state index contributed by atoms with van der Waals surface area (Å²) in [4.78, 5) is 14.2. The molecule has 0 aliphatic carbocycles. The van der Waals surface area contributed by atoms with E-state index in [4.69, 9.17) is 10.9 Å². The standard InChI is InChI=1S/C11H21N3O2/c1-10(2)6-5-7-14(10)9(15)11(3,4)8(12)13-16/h16H,5-7H2,1-4H3,(H2,12,13). The smallest absolute Gasteiger partial charge is 0.236 e. The minimum Gasteiger partial charge on any atom is -0.409 e. The normalized spacial score (nSPS) is 21.2. The van der Waals surface area contributed by atoms with Crippen LogP contribution < -0.4 is 5.73 Å². The van der Waals surface area contributed by atoms with Gasteiger partial charge in [-0.1, -0.05) is 5.16 Å². The van der Waals surface area contributed by atoms with Crippen LogP contribution in [0.15, 0.2) is 5.16 Å². The van der Waals surface area contributed by atoms with Crippen LogP contribution in [0.25, 0.3) is 0 Å². The monoisotopic (exact) mass is 227 g/mol. The molecule has 0 aromatic rings. The number of hydrogen-bond donors (Lipinski definition) is 2. The van der Waals surface area contributed by atoms with Crippen LogP contribution in [-0.4, -0.2) is 33.9 Å². The lowest BCUT2D eigenvalue weighted by Gasteiger charge is -2.37. The molecule has 92 valence electrons. The molecular formula is C11H21N3O2. The van der Waals surface area contributed by atoms with Crippen LogP contribution in [0.5, 0.6) is 0 Å². The topological polar surface area (TPSA) is 78.9 Å². The van der Waals surface area contributed by atoms with Crippen molar-refractivity contribution in [3.63, 3.8) is 0 Å². The van der Waals surface area contributed by atoms with Crippen LogP contribution >= 0.6 is 0 Å². The molecule has 0 unspecified atom stereocenters. The average Bonchev–Trinajstić information content (AvgIpc) is 2.55. The van der Waals surface area contributed by atoms with Crippen molar-refractivity contribution in [1.82, 2.24) is 4.90 Å².